The summed E-state index contributed by atoms with van der Waals surface area (Å²) in [5, 5.41) is 0. The van der Waals surface area contributed by atoms with Crippen molar-refractivity contribution >= 4 is 0 Å². The molecule has 0 radical (unpaired) electrons. The fourth-order valence-corrected chi connectivity index (χ4v) is 3.22. The molecule has 2 nitrogen and oxygen atoms in total. The van der Waals surface area contributed by atoms with E-state index in [-0.39, 0.29) is 11.5 Å². The summed E-state index contributed by atoms with van der Waals surface area (Å²) in [7, 11) is 0. The third-order valence-electron chi connectivity index (χ3n) is 4.67. The van der Waals surface area contributed by atoms with Gasteiger partial charge in [-0.3, -0.25) is 0 Å². The highest BCUT2D eigenvalue weighted by molar-refractivity contribution is 5.39. The van der Waals surface area contributed by atoms with Gasteiger partial charge in [-0.25, -0.2) is 0 Å². The minimum atomic E-state index is 0.231. The van der Waals surface area contributed by atoms with Crippen molar-refractivity contribution in [3.8, 4) is 5.75 Å². The average molecular weight is 245 g/mol. The molecule has 0 bridgehead atoms. The normalized spacial score (nSPS) is 23.9. The molecule has 2 N–H and O–H groups in total. The zero-order valence-electron chi connectivity index (χ0n) is 11.2. The Labute approximate surface area is 110 Å². The highest BCUT2D eigenvalue weighted by Crippen LogP contribution is 2.50. The third kappa shape index (κ3) is 2.14. The minimum Gasteiger partial charge on any atom is -0.490 e. The van der Waals surface area contributed by atoms with Crippen LogP contribution < -0.4 is 10.5 Å². The molecular formula is C16H23NO. The number of hydrogen-bond donors (Lipinski definition) is 1. The van der Waals surface area contributed by atoms with E-state index in [0.717, 1.165) is 5.75 Å². The summed E-state index contributed by atoms with van der Waals surface area (Å²) in [6.45, 7) is 2.12. The Balaban J connectivity index is 1.77. The van der Waals surface area contributed by atoms with Crippen LogP contribution in [0.3, 0.4) is 0 Å². The molecule has 2 aliphatic rings. The monoisotopic (exact) mass is 245 g/mol. The fourth-order valence-electron chi connectivity index (χ4n) is 3.22. The van der Waals surface area contributed by atoms with Gasteiger partial charge >= 0.3 is 0 Å². The van der Waals surface area contributed by atoms with Crippen molar-refractivity contribution in [1.82, 2.24) is 0 Å². The molecule has 0 spiro atoms. The fraction of sp³-hybridized carbons (Fsp3) is 0.625. The van der Waals surface area contributed by atoms with Crippen molar-refractivity contribution in [2.75, 3.05) is 0 Å². The first kappa shape index (κ1) is 12.0. The first-order valence-corrected chi connectivity index (χ1v) is 7.23. The lowest BCUT2D eigenvalue weighted by Gasteiger charge is -2.21. The molecule has 2 heteroatoms. The number of ether oxygens (including phenoxy) is 1. The maximum absolute atomic E-state index is 6.14. The Bertz CT molecular complexity index is 417. The smallest absolute Gasteiger partial charge is 0.120 e. The lowest BCUT2D eigenvalue weighted by Crippen LogP contribution is -2.31. The minimum absolute atomic E-state index is 0.231. The van der Waals surface area contributed by atoms with Gasteiger partial charge in [0.25, 0.3) is 0 Å². The van der Waals surface area contributed by atoms with Gasteiger partial charge in [0.2, 0.25) is 0 Å². The van der Waals surface area contributed by atoms with Crippen LogP contribution >= 0.6 is 0 Å². The number of hydrogen-bond acceptors (Lipinski definition) is 2. The van der Waals surface area contributed by atoms with E-state index in [1.807, 2.05) is 0 Å². The van der Waals surface area contributed by atoms with Crippen molar-refractivity contribution in [2.45, 2.75) is 63.0 Å². The van der Waals surface area contributed by atoms with Gasteiger partial charge in [-0.05, 0) is 63.1 Å². The highest BCUT2D eigenvalue weighted by Gasteiger charge is 2.47. The van der Waals surface area contributed by atoms with Gasteiger partial charge in [0, 0.05) is 11.5 Å². The Kier molecular flexibility index (Phi) is 3.06. The second-order valence-electron chi connectivity index (χ2n) is 6.00. The SMILES string of the molecule is CC(N)C1(c2cccc(OC3CCCC3)c2)CC1. The Morgan fingerprint density at radius 3 is 2.61 bits per heavy atom. The van der Waals surface area contributed by atoms with Crippen LogP contribution in [0.5, 0.6) is 5.75 Å². The average Bonchev–Trinajstić information content (AvgIpc) is 3.04. The van der Waals surface area contributed by atoms with Gasteiger partial charge in [0.05, 0.1) is 6.10 Å². The number of nitrogens with two attached hydrogens (primary N) is 1. The van der Waals surface area contributed by atoms with E-state index < -0.39 is 0 Å². The molecular weight excluding hydrogens is 222 g/mol. The lowest BCUT2D eigenvalue weighted by atomic mass is 9.89. The third-order valence-corrected chi connectivity index (χ3v) is 4.67. The maximum Gasteiger partial charge on any atom is 0.120 e. The molecule has 0 amide bonds. The van der Waals surface area contributed by atoms with Crippen LogP contribution in [0.25, 0.3) is 0 Å². The Hall–Kier alpha value is -1.02. The van der Waals surface area contributed by atoms with Crippen molar-refractivity contribution in [2.24, 2.45) is 5.73 Å². The van der Waals surface area contributed by atoms with Gasteiger partial charge in [0.1, 0.15) is 5.75 Å². The van der Waals surface area contributed by atoms with Crippen LogP contribution in [0, 0.1) is 0 Å². The van der Waals surface area contributed by atoms with Crippen molar-refractivity contribution in [1.29, 1.82) is 0 Å². The predicted octanol–water partition coefficient (Wildman–Crippen LogP) is 3.39. The molecule has 0 aromatic heterocycles. The van der Waals surface area contributed by atoms with E-state index >= 15 is 0 Å². The van der Waals surface area contributed by atoms with Crippen molar-refractivity contribution < 1.29 is 4.74 Å². The van der Waals surface area contributed by atoms with Gasteiger partial charge in [-0.2, -0.15) is 0 Å². The Morgan fingerprint density at radius 2 is 2.00 bits per heavy atom. The largest absolute Gasteiger partial charge is 0.490 e. The summed E-state index contributed by atoms with van der Waals surface area (Å²) in [5.74, 6) is 1.03. The number of rotatable bonds is 4. The molecule has 3 rings (SSSR count). The summed E-state index contributed by atoms with van der Waals surface area (Å²) in [6.07, 6.45) is 7.92. The van der Waals surface area contributed by atoms with Gasteiger partial charge < -0.3 is 10.5 Å². The molecule has 98 valence electrons. The first-order chi connectivity index (χ1) is 8.71. The molecule has 18 heavy (non-hydrogen) atoms. The number of benzene rings is 1. The molecule has 2 aliphatic carbocycles. The molecule has 0 saturated heterocycles. The van der Waals surface area contributed by atoms with E-state index in [2.05, 4.69) is 31.2 Å². The quantitative estimate of drug-likeness (QED) is 0.882. The summed E-state index contributed by atoms with van der Waals surface area (Å²) < 4.78 is 6.08. The summed E-state index contributed by atoms with van der Waals surface area (Å²) in [4.78, 5) is 0. The lowest BCUT2D eigenvalue weighted by molar-refractivity contribution is 0.209. The first-order valence-electron chi connectivity index (χ1n) is 7.23. The van der Waals surface area contributed by atoms with Gasteiger partial charge in [-0.15, -0.1) is 0 Å². The standard InChI is InChI=1S/C16H23NO/c1-12(17)16(9-10-16)13-5-4-8-15(11-13)18-14-6-2-3-7-14/h4-5,8,11-12,14H,2-3,6-7,9-10,17H2,1H3. The van der Waals surface area contributed by atoms with E-state index in [1.165, 1.54) is 44.1 Å². The van der Waals surface area contributed by atoms with Gasteiger partial charge in [-0.1, -0.05) is 12.1 Å². The predicted molar refractivity (Wildman–Crippen MR) is 73.9 cm³/mol. The highest BCUT2D eigenvalue weighted by atomic mass is 16.5. The van der Waals surface area contributed by atoms with Crippen LogP contribution in [0.15, 0.2) is 24.3 Å². The summed E-state index contributed by atoms with van der Waals surface area (Å²) in [6, 6.07) is 8.85. The molecule has 1 aromatic rings. The van der Waals surface area contributed by atoms with Crippen molar-refractivity contribution in [3.63, 3.8) is 0 Å². The molecule has 2 fully saturated rings. The molecule has 0 heterocycles. The molecule has 1 aromatic carbocycles. The summed E-state index contributed by atoms with van der Waals surface area (Å²) >= 11 is 0. The van der Waals surface area contributed by atoms with Crippen LogP contribution in [-0.4, -0.2) is 12.1 Å². The van der Waals surface area contributed by atoms with Crippen LogP contribution in [0.4, 0.5) is 0 Å². The van der Waals surface area contributed by atoms with Gasteiger partial charge in [0.15, 0.2) is 0 Å². The van der Waals surface area contributed by atoms with Crippen LogP contribution in [0.1, 0.15) is 51.0 Å². The maximum atomic E-state index is 6.14. The molecule has 1 atom stereocenters. The second kappa shape index (κ2) is 4.58. The van der Waals surface area contributed by atoms with E-state index in [1.54, 1.807) is 0 Å². The molecule has 1 unspecified atom stereocenters. The van der Waals surface area contributed by atoms with Crippen LogP contribution in [0.2, 0.25) is 0 Å². The van der Waals surface area contributed by atoms with Crippen LogP contribution in [-0.2, 0) is 5.41 Å². The zero-order chi connectivity index (χ0) is 12.6. The Morgan fingerprint density at radius 1 is 1.28 bits per heavy atom. The van der Waals surface area contributed by atoms with E-state index in [4.69, 9.17) is 10.5 Å². The van der Waals surface area contributed by atoms with E-state index in [9.17, 15) is 0 Å². The zero-order valence-corrected chi connectivity index (χ0v) is 11.2. The molecule has 0 aliphatic heterocycles. The second-order valence-corrected chi connectivity index (χ2v) is 6.00. The van der Waals surface area contributed by atoms with E-state index in [0.29, 0.717) is 6.10 Å². The summed E-state index contributed by atoms with van der Waals surface area (Å²) in [5.41, 5.74) is 7.74. The topological polar surface area (TPSA) is 35.2 Å². The van der Waals surface area contributed by atoms with Crippen molar-refractivity contribution in [3.05, 3.63) is 29.8 Å². The molecule has 2 saturated carbocycles.